The van der Waals surface area contributed by atoms with Crippen LogP contribution in [0.15, 0.2) is 77.6 Å². The smallest absolute Gasteiger partial charge is 0.253 e. The first-order chi connectivity index (χ1) is 17.5. The second-order valence-corrected chi connectivity index (χ2v) is 9.36. The lowest BCUT2D eigenvalue weighted by molar-refractivity contribution is 0.194. The van der Waals surface area contributed by atoms with Gasteiger partial charge in [0.2, 0.25) is 0 Å². The summed E-state index contributed by atoms with van der Waals surface area (Å²) in [5, 5.41) is 13.6. The van der Waals surface area contributed by atoms with Gasteiger partial charge in [-0.25, -0.2) is 9.07 Å². The molecule has 3 heterocycles. The molecule has 0 saturated carbocycles. The highest BCUT2D eigenvalue weighted by Crippen LogP contribution is 2.32. The summed E-state index contributed by atoms with van der Waals surface area (Å²) >= 11 is 0. The molecule has 0 saturated heterocycles. The van der Waals surface area contributed by atoms with Crippen LogP contribution in [-0.4, -0.2) is 36.6 Å². The van der Waals surface area contributed by atoms with E-state index in [4.69, 9.17) is 0 Å². The summed E-state index contributed by atoms with van der Waals surface area (Å²) in [5.41, 5.74) is 5.75. The van der Waals surface area contributed by atoms with Gasteiger partial charge in [0.05, 0.1) is 6.54 Å². The molecule has 1 atom stereocenters. The summed E-state index contributed by atoms with van der Waals surface area (Å²) in [6.07, 6.45) is 0.872. The molecule has 36 heavy (non-hydrogen) atoms. The lowest BCUT2D eigenvalue weighted by Gasteiger charge is -2.34. The molecule has 1 unspecified atom stereocenters. The van der Waals surface area contributed by atoms with Gasteiger partial charge in [-0.1, -0.05) is 48.5 Å². The molecule has 5 aromatic rings. The molecular formula is C28H25FN6O. The van der Waals surface area contributed by atoms with Gasteiger partial charge in [0.25, 0.3) is 5.56 Å². The number of rotatable bonds is 5. The maximum Gasteiger partial charge on any atom is 0.253 e. The van der Waals surface area contributed by atoms with Crippen molar-refractivity contribution in [3.63, 3.8) is 0 Å². The predicted octanol–water partition coefficient (Wildman–Crippen LogP) is 4.16. The number of nitrogens with zero attached hydrogens (tertiary/aromatic N) is 5. The predicted molar refractivity (Wildman–Crippen MR) is 135 cm³/mol. The van der Waals surface area contributed by atoms with Gasteiger partial charge in [-0.15, -0.1) is 5.10 Å². The van der Waals surface area contributed by atoms with Crippen molar-refractivity contribution in [2.75, 3.05) is 6.54 Å². The maximum absolute atomic E-state index is 13.5. The van der Waals surface area contributed by atoms with Gasteiger partial charge in [-0.2, -0.15) is 0 Å². The average molecular weight is 481 g/mol. The molecule has 1 aliphatic rings. The highest BCUT2D eigenvalue weighted by molar-refractivity contribution is 5.79. The molecule has 0 amide bonds. The topological polar surface area (TPSA) is 79.7 Å². The number of hydrogen-bond acceptors (Lipinski definition) is 5. The lowest BCUT2D eigenvalue weighted by atomic mass is 9.95. The van der Waals surface area contributed by atoms with E-state index < -0.39 is 6.04 Å². The second-order valence-electron chi connectivity index (χ2n) is 9.36. The van der Waals surface area contributed by atoms with E-state index in [2.05, 4.69) is 43.6 Å². The zero-order valence-corrected chi connectivity index (χ0v) is 19.9. The molecule has 0 bridgehead atoms. The Kier molecular flexibility index (Phi) is 5.65. The third-order valence-corrected chi connectivity index (χ3v) is 6.90. The van der Waals surface area contributed by atoms with Gasteiger partial charge >= 0.3 is 0 Å². The molecule has 0 spiro atoms. The van der Waals surface area contributed by atoms with Crippen molar-refractivity contribution < 1.29 is 4.39 Å². The number of benzene rings is 3. The van der Waals surface area contributed by atoms with Gasteiger partial charge in [-0.3, -0.25) is 9.69 Å². The lowest BCUT2D eigenvalue weighted by Crippen LogP contribution is -2.38. The zero-order valence-electron chi connectivity index (χ0n) is 19.9. The number of halogens is 1. The summed E-state index contributed by atoms with van der Waals surface area (Å²) in [7, 11) is 0. The monoisotopic (exact) mass is 480 g/mol. The number of H-pyrrole nitrogens is 1. The molecule has 180 valence electrons. The first-order valence-electron chi connectivity index (χ1n) is 12.0. The molecule has 0 aliphatic carbocycles. The number of pyridine rings is 1. The SMILES string of the molecule is Cc1ccc2cc(C(c3nnnn3Cc3ccc(F)cc3)N3CCc4ccccc4C3)c(=O)[nH]c2c1. The van der Waals surface area contributed by atoms with Crippen molar-refractivity contribution in [2.45, 2.75) is 32.5 Å². The summed E-state index contributed by atoms with van der Waals surface area (Å²) in [6, 6.07) is 22.2. The van der Waals surface area contributed by atoms with Crippen LogP contribution in [0.1, 0.15) is 39.7 Å². The molecule has 1 aliphatic heterocycles. The number of aryl methyl sites for hydroxylation is 1. The van der Waals surface area contributed by atoms with Crippen molar-refractivity contribution >= 4 is 10.9 Å². The van der Waals surface area contributed by atoms with Crippen LogP contribution < -0.4 is 5.56 Å². The van der Waals surface area contributed by atoms with Crippen LogP contribution in [0.2, 0.25) is 0 Å². The number of nitrogens with one attached hydrogen (secondary N) is 1. The Bertz CT molecular complexity index is 1610. The van der Waals surface area contributed by atoms with Crippen LogP contribution in [0.3, 0.4) is 0 Å². The van der Waals surface area contributed by atoms with Gasteiger partial charge in [0, 0.05) is 24.2 Å². The van der Waals surface area contributed by atoms with Crippen LogP contribution in [0.4, 0.5) is 4.39 Å². The summed E-state index contributed by atoms with van der Waals surface area (Å²) in [6.45, 7) is 3.81. The van der Waals surface area contributed by atoms with Gasteiger partial charge in [0.1, 0.15) is 11.9 Å². The van der Waals surface area contributed by atoms with Crippen molar-refractivity contribution in [1.29, 1.82) is 0 Å². The van der Waals surface area contributed by atoms with Gasteiger partial charge in [0.15, 0.2) is 5.82 Å². The third kappa shape index (κ3) is 4.20. The number of aromatic nitrogens is 5. The van der Waals surface area contributed by atoms with E-state index in [0.717, 1.165) is 35.0 Å². The fourth-order valence-electron chi connectivity index (χ4n) is 5.05. The Labute approximate surface area is 207 Å². The zero-order chi connectivity index (χ0) is 24.6. The van der Waals surface area contributed by atoms with Crippen LogP contribution >= 0.6 is 0 Å². The van der Waals surface area contributed by atoms with Crippen LogP contribution in [0.5, 0.6) is 0 Å². The highest BCUT2D eigenvalue weighted by Gasteiger charge is 2.32. The standard InChI is InChI=1S/C28H25FN6O/c1-18-6-9-21-15-24(28(36)30-25(21)14-18)26(34-13-12-20-4-2-3-5-22(20)17-34)27-31-32-33-35(27)16-19-7-10-23(29)11-8-19/h2-11,14-15,26H,12-13,16-17H2,1H3,(H,30,36). The Morgan fingerprint density at radius 1 is 1.03 bits per heavy atom. The third-order valence-electron chi connectivity index (χ3n) is 6.90. The highest BCUT2D eigenvalue weighted by atomic mass is 19.1. The number of hydrogen-bond donors (Lipinski definition) is 1. The molecule has 7 nitrogen and oxygen atoms in total. The van der Waals surface area contributed by atoms with Crippen molar-refractivity contribution in [2.24, 2.45) is 0 Å². The fraction of sp³-hybridized carbons (Fsp3) is 0.214. The van der Waals surface area contributed by atoms with Crippen molar-refractivity contribution in [3.8, 4) is 0 Å². The molecular weight excluding hydrogens is 455 g/mol. The minimum Gasteiger partial charge on any atom is -0.322 e. The molecule has 8 heteroatoms. The van der Waals surface area contributed by atoms with E-state index in [1.165, 1.54) is 23.3 Å². The van der Waals surface area contributed by atoms with Gasteiger partial charge in [-0.05, 0) is 75.7 Å². The molecule has 1 N–H and O–H groups in total. The minimum absolute atomic E-state index is 0.159. The first kappa shape index (κ1) is 22.3. The Morgan fingerprint density at radius 2 is 1.83 bits per heavy atom. The minimum atomic E-state index is -0.455. The Morgan fingerprint density at radius 3 is 2.67 bits per heavy atom. The number of tetrazole rings is 1. The molecule has 0 radical (unpaired) electrons. The van der Waals surface area contributed by atoms with E-state index in [9.17, 15) is 9.18 Å². The Hall–Kier alpha value is -4.17. The van der Waals surface area contributed by atoms with E-state index in [0.29, 0.717) is 24.5 Å². The number of fused-ring (bicyclic) bond motifs is 2. The summed E-state index contributed by atoms with van der Waals surface area (Å²) in [4.78, 5) is 18.8. The molecule has 0 fully saturated rings. The summed E-state index contributed by atoms with van der Waals surface area (Å²) < 4.78 is 15.2. The molecule has 2 aromatic heterocycles. The average Bonchev–Trinajstić information content (AvgIpc) is 3.33. The quantitative estimate of drug-likeness (QED) is 0.409. The van der Waals surface area contributed by atoms with Crippen LogP contribution in [0.25, 0.3) is 10.9 Å². The van der Waals surface area contributed by atoms with Crippen LogP contribution in [-0.2, 0) is 19.5 Å². The molecule has 6 rings (SSSR count). The van der Waals surface area contributed by atoms with Gasteiger partial charge < -0.3 is 4.98 Å². The Balaban J connectivity index is 1.47. The summed E-state index contributed by atoms with van der Waals surface area (Å²) in [5.74, 6) is 0.286. The van der Waals surface area contributed by atoms with Crippen LogP contribution in [0, 0.1) is 12.7 Å². The normalized spacial score (nSPS) is 14.6. The maximum atomic E-state index is 13.5. The number of aromatic amines is 1. The van der Waals surface area contributed by atoms with Crippen molar-refractivity contribution in [1.82, 2.24) is 30.1 Å². The van der Waals surface area contributed by atoms with E-state index in [1.54, 1.807) is 16.8 Å². The molecule has 3 aromatic carbocycles. The van der Waals surface area contributed by atoms with E-state index in [1.807, 2.05) is 37.3 Å². The van der Waals surface area contributed by atoms with E-state index in [-0.39, 0.29) is 11.4 Å². The second kappa shape index (κ2) is 9.13. The fourth-order valence-corrected chi connectivity index (χ4v) is 5.05. The van der Waals surface area contributed by atoms with E-state index >= 15 is 0 Å². The first-order valence-corrected chi connectivity index (χ1v) is 12.0. The largest absolute Gasteiger partial charge is 0.322 e. The van der Waals surface area contributed by atoms with Crippen molar-refractivity contribution in [3.05, 3.63) is 123 Å².